The van der Waals surface area contributed by atoms with Crippen LogP contribution < -0.4 is 4.57 Å². The van der Waals surface area contributed by atoms with Crippen molar-refractivity contribution in [2.75, 3.05) is 0 Å². The quantitative estimate of drug-likeness (QED) is 0.661. The highest BCUT2D eigenvalue weighted by Gasteiger charge is 2.15. The third-order valence-electron chi connectivity index (χ3n) is 2.26. The zero-order valence-corrected chi connectivity index (χ0v) is 9.34. The molecular formula is C12H14NS+. The van der Waals surface area contributed by atoms with Gasteiger partial charge in [0.05, 0.1) is 0 Å². The maximum Gasteiger partial charge on any atom is 0.262 e. The molecule has 0 radical (unpaired) electrons. The molecule has 0 fully saturated rings. The van der Waals surface area contributed by atoms with Gasteiger partial charge in [-0.3, -0.25) is 0 Å². The molecule has 0 aliphatic rings. The second-order valence-corrected chi connectivity index (χ2v) is 4.21. The molecule has 0 N–H and O–H groups in total. The van der Waals surface area contributed by atoms with E-state index >= 15 is 0 Å². The van der Waals surface area contributed by atoms with Crippen LogP contribution in [0.5, 0.6) is 0 Å². The molecule has 0 atom stereocenters. The Bertz CT molecular complexity index is 468. The van der Waals surface area contributed by atoms with Gasteiger partial charge in [0.15, 0.2) is 0 Å². The van der Waals surface area contributed by atoms with Crippen LogP contribution in [0.25, 0.3) is 16.3 Å². The molecule has 2 rings (SSSR count). The number of allylic oxidation sites excluding steroid dienone is 1. The average Bonchev–Trinajstić information content (AvgIpc) is 2.55. The van der Waals surface area contributed by atoms with Gasteiger partial charge in [-0.1, -0.05) is 29.5 Å². The summed E-state index contributed by atoms with van der Waals surface area (Å²) in [5.41, 5.74) is 1.34. The minimum Gasteiger partial charge on any atom is -0.182 e. The van der Waals surface area contributed by atoms with Crippen molar-refractivity contribution < 1.29 is 4.57 Å². The molecule has 2 aromatic rings. The zero-order chi connectivity index (χ0) is 9.97. The molecule has 1 heterocycles. The number of nitrogens with zero attached hydrogens (tertiary/aromatic N) is 1. The Balaban J connectivity index is 2.72. The first-order valence-electron chi connectivity index (χ1n) is 4.91. The number of rotatable bonds is 2. The van der Waals surface area contributed by atoms with Crippen LogP contribution in [0.15, 0.2) is 30.3 Å². The summed E-state index contributed by atoms with van der Waals surface area (Å²) in [4.78, 5) is 0. The summed E-state index contributed by atoms with van der Waals surface area (Å²) in [7, 11) is 0. The Labute approximate surface area is 88.3 Å². The predicted octanol–water partition coefficient (Wildman–Crippen LogP) is 3.24. The summed E-state index contributed by atoms with van der Waals surface area (Å²) in [6, 6.07) is 8.56. The fraction of sp³-hybridized carbons (Fsp3) is 0.250. The van der Waals surface area contributed by atoms with Crippen molar-refractivity contribution in [2.24, 2.45) is 0 Å². The molecule has 1 aromatic heterocycles. The molecule has 1 aromatic carbocycles. The van der Waals surface area contributed by atoms with Crippen LogP contribution in [-0.2, 0) is 6.54 Å². The third-order valence-corrected chi connectivity index (χ3v) is 3.39. The van der Waals surface area contributed by atoms with E-state index < -0.39 is 0 Å². The minimum atomic E-state index is 1.03. The number of aromatic nitrogens is 1. The highest BCUT2D eigenvalue weighted by Crippen LogP contribution is 2.20. The van der Waals surface area contributed by atoms with Crippen LogP contribution in [0.2, 0.25) is 0 Å². The lowest BCUT2D eigenvalue weighted by Gasteiger charge is -1.89. The van der Waals surface area contributed by atoms with Gasteiger partial charge >= 0.3 is 0 Å². The molecule has 1 nitrogen and oxygen atoms in total. The van der Waals surface area contributed by atoms with Crippen LogP contribution in [0.3, 0.4) is 0 Å². The van der Waals surface area contributed by atoms with Gasteiger partial charge in [-0.15, -0.1) is 0 Å². The van der Waals surface area contributed by atoms with Crippen molar-refractivity contribution >= 4 is 27.6 Å². The van der Waals surface area contributed by atoms with E-state index in [-0.39, 0.29) is 0 Å². The van der Waals surface area contributed by atoms with Crippen LogP contribution >= 0.6 is 11.3 Å². The van der Waals surface area contributed by atoms with E-state index in [0.29, 0.717) is 0 Å². The number of para-hydroxylation sites is 1. The second-order valence-electron chi connectivity index (χ2n) is 3.15. The molecule has 0 saturated heterocycles. The summed E-state index contributed by atoms with van der Waals surface area (Å²) in [5.74, 6) is 0. The molecule has 0 saturated carbocycles. The standard InChI is InChI=1S/C12H14NS/c1-3-7-12-13(4-2)10-8-5-6-9-11(10)14-12/h3,5-9H,4H2,1-2H3/q+1/b7-3+. The number of hydrogen-bond donors (Lipinski definition) is 0. The van der Waals surface area contributed by atoms with Gasteiger partial charge in [-0.25, -0.2) is 0 Å². The largest absolute Gasteiger partial charge is 0.262 e. The molecule has 0 aliphatic carbocycles. The molecule has 14 heavy (non-hydrogen) atoms. The average molecular weight is 204 g/mol. The van der Waals surface area contributed by atoms with Gasteiger partial charge in [-0.2, -0.15) is 4.57 Å². The summed E-state index contributed by atoms with van der Waals surface area (Å²) in [5, 5.41) is 1.33. The van der Waals surface area contributed by atoms with E-state index in [9.17, 15) is 0 Å². The smallest absolute Gasteiger partial charge is 0.182 e. The van der Waals surface area contributed by atoms with Gasteiger partial charge in [0.2, 0.25) is 5.52 Å². The molecule has 0 amide bonds. The van der Waals surface area contributed by atoms with Gasteiger partial charge in [0, 0.05) is 12.1 Å². The van der Waals surface area contributed by atoms with E-state index in [4.69, 9.17) is 0 Å². The molecule has 0 aliphatic heterocycles. The lowest BCUT2D eigenvalue weighted by molar-refractivity contribution is -0.665. The summed E-state index contributed by atoms with van der Waals surface area (Å²) in [6.07, 6.45) is 4.27. The maximum absolute atomic E-state index is 2.35. The highest BCUT2D eigenvalue weighted by molar-refractivity contribution is 7.18. The Kier molecular flexibility index (Phi) is 2.64. The van der Waals surface area contributed by atoms with Crippen molar-refractivity contribution in [3.63, 3.8) is 0 Å². The predicted molar refractivity (Wildman–Crippen MR) is 62.4 cm³/mol. The number of aryl methyl sites for hydroxylation is 1. The normalized spacial score (nSPS) is 11.6. The fourth-order valence-electron chi connectivity index (χ4n) is 1.65. The van der Waals surface area contributed by atoms with Gasteiger partial charge in [0.25, 0.3) is 5.01 Å². The SMILES string of the molecule is C/C=C/c1sc2ccccc2[n+]1CC. The van der Waals surface area contributed by atoms with Crippen LogP contribution in [0.1, 0.15) is 18.9 Å². The first kappa shape index (κ1) is 9.41. The number of fused-ring (bicyclic) bond motifs is 1. The third kappa shape index (κ3) is 1.46. The van der Waals surface area contributed by atoms with Crippen molar-refractivity contribution in [1.29, 1.82) is 0 Å². The first-order chi connectivity index (χ1) is 6.86. The summed E-state index contributed by atoms with van der Waals surface area (Å²) in [6.45, 7) is 5.28. The van der Waals surface area contributed by atoms with E-state index in [0.717, 1.165) is 6.54 Å². The Morgan fingerprint density at radius 2 is 2.14 bits per heavy atom. The van der Waals surface area contributed by atoms with Crippen LogP contribution in [0.4, 0.5) is 0 Å². The Morgan fingerprint density at radius 3 is 2.86 bits per heavy atom. The van der Waals surface area contributed by atoms with Crippen molar-refractivity contribution in [1.82, 2.24) is 0 Å². The fourth-order valence-corrected chi connectivity index (χ4v) is 2.84. The van der Waals surface area contributed by atoms with E-state index in [1.807, 2.05) is 11.3 Å². The molecule has 2 heteroatoms. The number of thiazole rings is 1. The molecule has 72 valence electrons. The van der Waals surface area contributed by atoms with E-state index in [2.05, 4.69) is 54.8 Å². The highest BCUT2D eigenvalue weighted by atomic mass is 32.1. The molecule has 0 bridgehead atoms. The first-order valence-corrected chi connectivity index (χ1v) is 5.72. The molecular weight excluding hydrogens is 190 g/mol. The van der Waals surface area contributed by atoms with E-state index in [1.54, 1.807) is 0 Å². The summed E-state index contributed by atoms with van der Waals surface area (Å²) >= 11 is 1.85. The molecule has 0 unspecified atom stereocenters. The van der Waals surface area contributed by atoms with Crippen LogP contribution in [-0.4, -0.2) is 0 Å². The number of benzene rings is 1. The lowest BCUT2D eigenvalue weighted by atomic mass is 10.3. The van der Waals surface area contributed by atoms with Crippen LogP contribution in [0, 0.1) is 0 Å². The van der Waals surface area contributed by atoms with Crippen molar-refractivity contribution in [3.05, 3.63) is 35.3 Å². The molecule has 0 spiro atoms. The minimum absolute atomic E-state index is 1.03. The van der Waals surface area contributed by atoms with Gasteiger partial charge in [0.1, 0.15) is 11.2 Å². The van der Waals surface area contributed by atoms with E-state index in [1.165, 1.54) is 15.2 Å². The topological polar surface area (TPSA) is 3.88 Å². The monoisotopic (exact) mass is 204 g/mol. The lowest BCUT2D eigenvalue weighted by Crippen LogP contribution is -2.33. The van der Waals surface area contributed by atoms with Gasteiger partial charge < -0.3 is 0 Å². The van der Waals surface area contributed by atoms with Crippen molar-refractivity contribution in [3.8, 4) is 0 Å². The zero-order valence-electron chi connectivity index (χ0n) is 8.53. The Hall–Kier alpha value is -1.15. The summed E-state index contributed by atoms with van der Waals surface area (Å²) < 4.78 is 3.71. The van der Waals surface area contributed by atoms with Gasteiger partial charge in [-0.05, 0) is 19.9 Å². The number of hydrogen-bond acceptors (Lipinski definition) is 1. The second kappa shape index (κ2) is 3.93. The Morgan fingerprint density at radius 1 is 1.36 bits per heavy atom. The maximum atomic E-state index is 2.35. The van der Waals surface area contributed by atoms with Crippen molar-refractivity contribution in [2.45, 2.75) is 20.4 Å².